The average molecular weight is 301 g/mol. The minimum absolute atomic E-state index is 0.0393. The van der Waals surface area contributed by atoms with E-state index in [4.69, 9.17) is 0 Å². The predicted molar refractivity (Wildman–Crippen MR) is 74.7 cm³/mol. The van der Waals surface area contributed by atoms with Gasteiger partial charge in [0.1, 0.15) is 5.82 Å². The van der Waals surface area contributed by atoms with E-state index in [0.717, 1.165) is 0 Å². The Morgan fingerprint density at radius 3 is 2.85 bits per heavy atom. The minimum atomic E-state index is -3.32. The van der Waals surface area contributed by atoms with Gasteiger partial charge in [0.05, 0.1) is 16.2 Å². The van der Waals surface area contributed by atoms with Crippen LogP contribution in [-0.2, 0) is 9.84 Å². The van der Waals surface area contributed by atoms with Gasteiger partial charge in [0.2, 0.25) is 0 Å². The second kappa shape index (κ2) is 5.42. The molecule has 1 aliphatic rings. The van der Waals surface area contributed by atoms with Crippen molar-refractivity contribution in [3.05, 3.63) is 29.6 Å². The highest BCUT2D eigenvalue weighted by molar-refractivity contribution is 7.91. The summed E-state index contributed by atoms with van der Waals surface area (Å²) in [6.07, 6.45) is 0.972. The lowest BCUT2D eigenvalue weighted by Crippen LogP contribution is -2.40. The Bertz CT molecular complexity index is 598. The molecule has 2 rings (SSSR count). The highest BCUT2D eigenvalue weighted by atomic mass is 32.2. The SMILES string of the molecule is CCC(C)(O)CNC1CCS(=O)(=O)c2ccc(F)cc21. The molecule has 2 N–H and O–H groups in total. The van der Waals surface area contributed by atoms with Crippen LogP contribution in [0.3, 0.4) is 0 Å². The van der Waals surface area contributed by atoms with E-state index in [9.17, 15) is 17.9 Å². The third kappa shape index (κ3) is 3.19. The van der Waals surface area contributed by atoms with Gasteiger partial charge in [0.15, 0.2) is 9.84 Å². The van der Waals surface area contributed by atoms with Crippen LogP contribution in [0, 0.1) is 5.82 Å². The number of sulfone groups is 1. The van der Waals surface area contributed by atoms with Crippen LogP contribution in [0.1, 0.15) is 38.3 Å². The molecule has 2 atom stereocenters. The van der Waals surface area contributed by atoms with Gasteiger partial charge >= 0.3 is 0 Å². The van der Waals surface area contributed by atoms with E-state index in [1.807, 2.05) is 6.92 Å². The summed E-state index contributed by atoms with van der Waals surface area (Å²) in [7, 11) is -3.32. The van der Waals surface area contributed by atoms with E-state index in [0.29, 0.717) is 24.9 Å². The zero-order valence-corrected chi connectivity index (χ0v) is 12.5. The lowest BCUT2D eigenvalue weighted by Gasteiger charge is -2.30. The quantitative estimate of drug-likeness (QED) is 0.832. The first-order valence-electron chi connectivity index (χ1n) is 6.73. The molecular formula is C14H20FNO3S. The molecule has 1 heterocycles. The number of aliphatic hydroxyl groups is 1. The number of halogens is 1. The summed E-state index contributed by atoms with van der Waals surface area (Å²) in [5.74, 6) is -0.410. The summed E-state index contributed by atoms with van der Waals surface area (Å²) in [6, 6.07) is 3.51. The van der Waals surface area contributed by atoms with Gasteiger partial charge in [-0.25, -0.2) is 12.8 Å². The van der Waals surface area contributed by atoms with E-state index in [-0.39, 0.29) is 16.7 Å². The molecule has 1 aliphatic heterocycles. The summed E-state index contributed by atoms with van der Waals surface area (Å²) in [5.41, 5.74) is -0.396. The molecule has 0 saturated carbocycles. The molecule has 1 aromatic carbocycles. The number of hydrogen-bond acceptors (Lipinski definition) is 4. The molecule has 112 valence electrons. The van der Waals surface area contributed by atoms with Crippen molar-refractivity contribution in [1.29, 1.82) is 0 Å². The van der Waals surface area contributed by atoms with E-state index < -0.39 is 21.3 Å². The molecule has 2 unspecified atom stereocenters. The summed E-state index contributed by atoms with van der Waals surface area (Å²) < 4.78 is 37.4. The van der Waals surface area contributed by atoms with Crippen LogP contribution >= 0.6 is 0 Å². The Labute approximate surface area is 118 Å². The fourth-order valence-electron chi connectivity index (χ4n) is 2.29. The molecule has 0 saturated heterocycles. The summed E-state index contributed by atoms with van der Waals surface area (Å²) in [4.78, 5) is 0.193. The van der Waals surface area contributed by atoms with Gasteiger partial charge in [-0.3, -0.25) is 0 Å². The van der Waals surface area contributed by atoms with E-state index in [2.05, 4.69) is 5.32 Å². The van der Waals surface area contributed by atoms with Crippen molar-refractivity contribution in [3.63, 3.8) is 0 Å². The minimum Gasteiger partial charge on any atom is -0.389 e. The molecule has 0 aliphatic carbocycles. The standard InChI is InChI=1S/C14H20FNO3S/c1-3-14(2,17)9-16-12-6-7-20(18,19)13-5-4-10(15)8-11(12)13/h4-5,8,12,16-17H,3,6-7,9H2,1-2H3. The van der Waals surface area contributed by atoms with Crippen molar-refractivity contribution in [2.24, 2.45) is 0 Å². The van der Waals surface area contributed by atoms with Crippen molar-refractivity contribution in [2.75, 3.05) is 12.3 Å². The van der Waals surface area contributed by atoms with Gasteiger partial charge < -0.3 is 10.4 Å². The van der Waals surface area contributed by atoms with E-state index in [1.165, 1.54) is 18.2 Å². The average Bonchev–Trinajstić information content (AvgIpc) is 2.37. The van der Waals surface area contributed by atoms with Crippen LogP contribution in [0.25, 0.3) is 0 Å². The maximum Gasteiger partial charge on any atom is 0.178 e. The first-order chi connectivity index (χ1) is 9.25. The smallest absolute Gasteiger partial charge is 0.178 e. The van der Waals surface area contributed by atoms with Crippen LogP contribution in [0.4, 0.5) is 4.39 Å². The highest BCUT2D eigenvalue weighted by Crippen LogP contribution is 2.32. The van der Waals surface area contributed by atoms with Crippen LogP contribution in [0.2, 0.25) is 0 Å². The third-order valence-electron chi connectivity index (χ3n) is 3.85. The lowest BCUT2D eigenvalue weighted by molar-refractivity contribution is 0.0525. The van der Waals surface area contributed by atoms with Gasteiger partial charge in [-0.05, 0) is 43.5 Å². The van der Waals surface area contributed by atoms with Crippen molar-refractivity contribution in [2.45, 2.75) is 43.2 Å². The number of hydrogen-bond donors (Lipinski definition) is 2. The normalized spacial score (nSPS) is 23.9. The molecule has 20 heavy (non-hydrogen) atoms. The van der Waals surface area contributed by atoms with Crippen LogP contribution < -0.4 is 5.32 Å². The number of nitrogens with one attached hydrogen (secondary N) is 1. The maximum absolute atomic E-state index is 13.4. The van der Waals surface area contributed by atoms with Crippen LogP contribution in [0.15, 0.2) is 23.1 Å². The van der Waals surface area contributed by atoms with Crippen molar-refractivity contribution in [1.82, 2.24) is 5.32 Å². The Morgan fingerprint density at radius 1 is 1.50 bits per heavy atom. The Morgan fingerprint density at radius 2 is 2.20 bits per heavy atom. The summed E-state index contributed by atoms with van der Waals surface area (Å²) in [5, 5.41) is 13.2. The van der Waals surface area contributed by atoms with Crippen LogP contribution in [0.5, 0.6) is 0 Å². The second-order valence-corrected chi connectivity index (χ2v) is 7.65. The molecule has 0 bridgehead atoms. The van der Waals surface area contributed by atoms with Crippen molar-refractivity contribution >= 4 is 9.84 Å². The van der Waals surface area contributed by atoms with Crippen LogP contribution in [-0.4, -0.2) is 31.4 Å². The Hall–Kier alpha value is -0.980. The zero-order valence-electron chi connectivity index (χ0n) is 11.7. The fraction of sp³-hybridized carbons (Fsp3) is 0.571. The molecule has 6 heteroatoms. The highest BCUT2D eigenvalue weighted by Gasteiger charge is 2.31. The van der Waals surface area contributed by atoms with Gasteiger partial charge in [0.25, 0.3) is 0 Å². The monoisotopic (exact) mass is 301 g/mol. The summed E-state index contributed by atoms with van der Waals surface area (Å²) in [6.45, 7) is 3.93. The van der Waals surface area contributed by atoms with E-state index >= 15 is 0 Å². The third-order valence-corrected chi connectivity index (χ3v) is 5.66. The number of fused-ring (bicyclic) bond motifs is 1. The lowest BCUT2D eigenvalue weighted by atomic mass is 10.00. The first-order valence-corrected chi connectivity index (χ1v) is 8.38. The van der Waals surface area contributed by atoms with Gasteiger partial charge in [-0.1, -0.05) is 6.92 Å². The largest absolute Gasteiger partial charge is 0.389 e. The van der Waals surface area contributed by atoms with Gasteiger partial charge in [-0.15, -0.1) is 0 Å². The molecule has 0 radical (unpaired) electrons. The fourth-order valence-corrected chi connectivity index (χ4v) is 3.90. The number of rotatable bonds is 4. The molecular weight excluding hydrogens is 281 g/mol. The molecule has 0 spiro atoms. The van der Waals surface area contributed by atoms with Crippen molar-refractivity contribution < 1.29 is 17.9 Å². The molecule has 0 amide bonds. The molecule has 0 aromatic heterocycles. The topological polar surface area (TPSA) is 66.4 Å². The van der Waals surface area contributed by atoms with E-state index in [1.54, 1.807) is 6.92 Å². The molecule has 1 aromatic rings. The van der Waals surface area contributed by atoms with Gasteiger partial charge in [-0.2, -0.15) is 0 Å². The Balaban J connectivity index is 2.28. The second-order valence-electron chi connectivity index (χ2n) is 5.57. The molecule has 4 nitrogen and oxygen atoms in total. The first kappa shape index (κ1) is 15.4. The number of benzene rings is 1. The maximum atomic E-state index is 13.4. The van der Waals surface area contributed by atoms with Crippen molar-refractivity contribution in [3.8, 4) is 0 Å². The Kier molecular flexibility index (Phi) is 4.18. The molecule has 0 fully saturated rings. The predicted octanol–water partition coefficient (Wildman–Crippen LogP) is 1.79. The van der Waals surface area contributed by atoms with Gasteiger partial charge in [0, 0.05) is 12.6 Å². The zero-order chi connectivity index (χ0) is 15.0. The summed E-state index contributed by atoms with van der Waals surface area (Å²) >= 11 is 0.